The lowest BCUT2D eigenvalue weighted by Gasteiger charge is -2.18. The van der Waals surface area contributed by atoms with Crippen LogP contribution in [0.15, 0.2) is 47.6 Å². The second-order valence-electron chi connectivity index (χ2n) is 6.68. The molecule has 0 bridgehead atoms. The summed E-state index contributed by atoms with van der Waals surface area (Å²) in [5.74, 6) is 1.32. The molecule has 0 radical (unpaired) electrons. The van der Waals surface area contributed by atoms with Crippen molar-refractivity contribution in [1.29, 1.82) is 5.26 Å². The Morgan fingerprint density at radius 1 is 1.23 bits per heavy atom. The van der Waals surface area contributed by atoms with Crippen LogP contribution >= 0.6 is 23.2 Å². The molecule has 0 aromatic heterocycles. The Hall–Kier alpha value is -3.14. The van der Waals surface area contributed by atoms with Crippen LogP contribution in [-0.4, -0.2) is 33.3 Å². The van der Waals surface area contributed by atoms with E-state index in [0.717, 1.165) is 5.56 Å². The predicted molar refractivity (Wildman–Crippen MR) is 120 cm³/mol. The maximum atomic E-state index is 12.5. The number of nitrogens with one attached hydrogen (secondary N) is 1. The van der Waals surface area contributed by atoms with Gasteiger partial charge in [-0.3, -0.25) is 4.79 Å². The maximum Gasteiger partial charge on any atom is 0.261 e. The van der Waals surface area contributed by atoms with Gasteiger partial charge in [0.2, 0.25) is 0 Å². The minimum Gasteiger partial charge on any atom is -0.493 e. The van der Waals surface area contributed by atoms with Crippen LogP contribution in [0.1, 0.15) is 11.1 Å². The molecule has 1 heterocycles. The summed E-state index contributed by atoms with van der Waals surface area (Å²) in [7, 11) is 3.14. The summed E-state index contributed by atoms with van der Waals surface area (Å²) in [6.07, 6.45) is 3.87. The first-order valence-electron chi connectivity index (χ1n) is 9.38. The van der Waals surface area contributed by atoms with Crippen LogP contribution in [0, 0.1) is 11.3 Å². The molecule has 6 nitrogen and oxygen atoms in total. The molecule has 1 aliphatic rings. The monoisotopic (exact) mass is 458 g/mol. The van der Waals surface area contributed by atoms with Gasteiger partial charge in [0.1, 0.15) is 24.0 Å². The Bertz CT molecular complexity index is 1100. The number of halogens is 2. The third kappa shape index (κ3) is 5.52. The number of ether oxygens (including phenoxy) is 3. The van der Waals surface area contributed by atoms with Crippen LogP contribution in [0.4, 0.5) is 0 Å². The second-order valence-corrected chi connectivity index (χ2v) is 7.52. The zero-order valence-electron chi connectivity index (χ0n) is 17.0. The van der Waals surface area contributed by atoms with Crippen LogP contribution in [0.2, 0.25) is 10.0 Å². The molecule has 31 heavy (non-hydrogen) atoms. The highest BCUT2D eigenvalue weighted by Gasteiger charge is 2.17. The van der Waals surface area contributed by atoms with E-state index >= 15 is 0 Å². The van der Waals surface area contributed by atoms with E-state index in [0.29, 0.717) is 51.4 Å². The van der Waals surface area contributed by atoms with E-state index in [1.165, 1.54) is 6.08 Å². The van der Waals surface area contributed by atoms with Crippen LogP contribution in [0.3, 0.4) is 0 Å². The summed E-state index contributed by atoms with van der Waals surface area (Å²) >= 11 is 12.2. The standard InChI is InChI=1S/C23H20Cl2N2O4/c1-29-20-4-3-14(9-21(20)30-2)5-6-27-23(28)17(12-26)8-15-7-16-10-18(24)11-19(25)22(16)31-13-15/h3-4,7-11H,5-6,13H2,1-2H3,(H,27,28)/b17-8+. The zero-order valence-corrected chi connectivity index (χ0v) is 18.5. The molecule has 2 aromatic rings. The first-order chi connectivity index (χ1) is 14.9. The van der Waals surface area contributed by atoms with Gasteiger partial charge in [0.25, 0.3) is 5.91 Å². The number of amides is 1. The molecule has 0 atom stereocenters. The largest absolute Gasteiger partial charge is 0.493 e. The first-order valence-corrected chi connectivity index (χ1v) is 10.1. The number of benzene rings is 2. The van der Waals surface area contributed by atoms with Crippen molar-refractivity contribution in [2.75, 3.05) is 27.4 Å². The molecule has 8 heteroatoms. The molecular formula is C23H20Cl2N2O4. The lowest BCUT2D eigenvalue weighted by Crippen LogP contribution is -2.27. The van der Waals surface area contributed by atoms with Crippen molar-refractivity contribution in [3.63, 3.8) is 0 Å². The summed E-state index contributed by atoms with van der Waals surface area (Å²) in [5.41, 5.74) is 2.31. The number of hydrogen-bond donors (Lipinski definition) is 1. The second kappa shape index (κ2) is 10.3. The fourth-order valence-corrected chi connectivity index (χ4v) is 3.67. The topological polar surface area (TPSA) is 80.6 Å². The molecule has 160 valence electrons. The number of nitrogens with zero attached hydrogens (tertiary/aromatic N) is 1. The number of carbonyl (C=O) groups is 1. The van der Waals surface area contributed by atoms with E-state index < -0.39 is 5.91 Å². The maximum absolute atomic E-state index is 12.5. The van der Waals surface area contributed by atoms with Crippen LogP contribution in [0.25, 0.3) is 6.08 Å². The molecule has 0 saturated carbocycles. The van der Waals surface area contributed by atoms with E-state index in [9.17, 15) is 10.1 Å². The third-order valence-electron chi connectivity index (χ3n) is 4.60. The number of hydrogen-bond acceptors (Lipinski definition) is 5. The van der Waals surface area contributed by atoms with Gasteiger partial charge < -0.3 is 19.5 Å². The number of nitriles is 1. The first kappa shape index (κ1) is 22.5. The molecule has 2 aromatic carbocycles. The minimum absolute atomic E-state index is 0.0151. The quantitative estimate of drug-likeness (QED) is 0.484. The normalized spacial score (nSPS) is 12.7. The van der Waals surface area contributed by atoms with Crippen LogP contribution < -0.4 is 19.5 Å². The molecule has 0 fully saturated rings. The Morgan fingerprint density at radius 3 is 2.71 bits per heavy atom. The number of fused-ring (bicyclic) bond motifs is 1. The van der Waals surface area contributed by atoms with Gasteiger partial charge in [0, 0.05) is 17.1 Å². The van der Waals surface area contributed by atoms with Crippen molar-refractivity contribution >= 4 is 35.2 Å². The molecule has 0 aliphatic carbocycles. The number of carbonyl (C=O) groups excluding carboxylic acids is 1. The molecule has 0 unspecified atom stereocenters. The molecule has 0 saturated heterocycles. The summed E-state index contributed by atoms with van der Waals surface area (Å²) in [5, 5.41) is 13.1. The van der Waals surface area contributed by atoms with Crippen molar-refractivity contribution in [3.8, 4) is 23.3 Å². The Morgan fingerprint density at radius 2 is 2.00 bits per heavy atom. The van der Waals surface area contributed by atoms with E-state index in [2.05, 4.69) is 5.32 Å². The van der Waals surface area contributed by atoms with Gasteiger partial charge in [-0.25, -0.2) is 0 Å². The summed E-state index contributed by atoms with van der Waals surface area (Å²) < 4.78 is 16.2. The van der Waals surface area contributed by atoms with E-state index in [1.807, 2.05) is 24.3 Å². The van der Waals surface area contributed by atoms with E-state index in [-0.39, 0.29) is 12.2 Å². The lowest BCUT2D eigenvalue weighted by atomic mass is 10.0. The summed E-state index contributed by atoms with van der Waals surface area (Å²) in [6, 6.07) is 10.8. The summed E-state index contributed by atoms with van der Waals surface area (Å²) in [6.45, 7) is 0.551. The van der Waals surface area contributed by atoms with Gasteiger partial charge in [0.15, 0.2) is 11.5 Å². The van der Waals surface area contributed by atoms with Crippen molar-refractivity contribution in [1.82, 2.24) is 5.32 Å². The molecule has 3 rings (SSSR count). The van der Waals surface area contributed by atoms with Crippen molar-refractivity contribution in [2.45, 2.75) is 6.42 Å². The van der Waals surface area contributed by atoms with Gasteiger partial charge in [0.05, 0.1) is 19.2 Å². The highest BCUT2D eigenvalue weighted by atomic mass is 35.5. The van der Waals surface area contributed by atoms with E-state index in [4.69, 9.17) is 37.4 Å². The van der Waals surface area contributed by atoms with E-state index in [1.54, 1.807) is 32.4 Å². The summed E-state index contributed by atoms with van der Waals surface area (Å²) in [4.78, 5) is 12.5. The fourth-order valence-electron chi connectivity index (χ4n) is 3.11. The minimum atomic E-state index is -0.459. The number of rotatable bonds is 7. The van der Waals surface area contributed by atoms with Gasteiger partial charge >= 0.3 is 0 Å². The molecule has 1 N–H and O–H groups in total. The Balaban J connectivity index is 1.66. The molecule has 1 amide bonds. The number of methoxy groups -OCH3 is 2. The zero-order chi connectivity index (χ0) is 22.4. The molecular weight excluding hydrogens is 439 g/mol. The Labute approximate surface area is 190 Å². The fraction of sp³-hybridized carbons (Fsp3) is 0.217. The average Bonchev–Trinajstić information content (AvgIpc) is 2.76. The smallest absolute Gasteiger partial charge is 0.261 e. The van der Waals surface area contributed by atoms with Gasteiger partial charge in [-0.15, -0.1) is 0 Å². The Kier molecular flexibility index (Phi) is 7.45. The third-order valence-corrected chi connectivity index (χ3v) is 5.10. The van der Waals surface area contributed by atoms with Gasteiger partial charge in [-0.1, -0.05) is 29.3 Å². The predicted octanol–water partition coefficient (Wildman–Crippen LogP) is 4.60. The van der Waals surface area contributed by atoms with Crippen LogP contribution in [-0.2, 0) is 11.2 Å². The van der Waals surface area contributed by atoms with Crippen molar-refractivity contribution in [2.24, 2.45) is 0 Å². The molecule has 1 aliphatic heterocycles. The van der Waals surface area contributed by atoms with Crippen LogP contribution in [0.5, 0.6) is 17.2 Å². The molecule has 0 spiro atoms. The average molecular weight is 459 g/mol. The van der Waals surface area contributed by atoms with Crippen molar-refractivity contribution in [3.05, 3.63) is 68.7 Å². The van der Waals surface area contributed by atoms with Gasteiger partial charge in [-0.05, 0) is 54.0 Å². The SMILES string of the molecule is COc1ccc(CCNC(=O)/C(C#N)=C/C2=Cc3cc(Cl)cc(Cl)c3OC2)cc1OC. The lowest BCUT2D eigenvalue weighted by molar-refractivity contribution is -0.117. The van der Waals surface area contributed by atoms with Gasteiger partial charge in [-0.2, -0.15) is 5.26 Å². The highest BCUT2D eigenvalue weighted by molar-refractivity contribution is 6.36. The van der Waals surface area contributed by atoms with Crippen molar-refractivity contribution < 1.29 is 19.0 Å². The highest BCUT2D eigenvalue weighted by Crippen LogP contribution is 2.36.